The van der Waals surface area contributed by atoms with E-state index in [1.54, 1.807) is 48.7 Å². The van der Waals surface area contributed by atoms with Gasteiger partial charge in [-0.1, -0.05) is 25.1 Å². The minimum atomic E-state index is -0.896. The molecular formula is C17H16N2O2. The second kappa shape index (κ2) is 7.20. The van der Waals surface area contributed by atoms with Crippen LogP contribution in [-0.2, 0) is 0 Å². The molecule has 106 valence electrons. The van der Waals surface area contributed by atoms with Crippen molar-refractivity contribution >= 4 is 5.78 Å². The zero-order chi connectivity index (χ0) is 15.1. The number of ether oxygens (including phenoxy) is 1. The molecule has 1 atom stereocenters. The summed E-state index contributed by atoms with van der Waals surface area (Å²) in [4.78, 5) is 16.6. The summed E-state index contributed by atoms with van der Waals surface area (Å²) < 4.78 is 5.51. The van der Waals surface area contributed by atoms with Gasteiger partial charge in [-0.25, -0.2) is 0 Å². The highest BCUT2D eigenvalue weighted by molar-refractivity contribution is 6.02. The Balaban J connectivity index is 2.24. The highest BCUT2D eigenvalue weighted by Crippen LogP contribution is 2.21. The SMILES string of the molecule is CCCOc1cccc(C(=O)[C@@H](C#N)c2ccccn2)c1. The number of ketones is 1. The fraction of sp³-hybridized carbons (Fsp3) is 0.235. The van der Waals surface area contributed by atoms with E-state index in [0.29, 0.717) is 23.6 Å². The smallest absolute Gasteiger partial charge is 0.186 e. The molecule has 0 bridgehead atoms. The first-order chi connectivity index (χ1) is 10.3. The van der Waals surface area contributed by atoms with E-state index in [9.17, 15) is 10.1 Å². The molecule has 0 aliphatic rings. The number of benzene rings is 1. The van der Waals surface area contributed by atoms with Gasteiger partial charge in [-0.2, -0.15) is 5.26 Å². The topological polar surface area (TPSA) is 63.0 Å². The molecule has 2 aromatic rings. The van der Waals surface area contributed by atoms with Crippen LogP contribution in [0, 0.1) is 11.3 Å². The molecule has 0 N–H and O–H groups in total. The lowest BCUT2D eigenvalue weighted by molar-refractivity contribution is 0.0977. The number of hydrogen-bond donors (Lipinski definition) is 0. The first-order valence-electron chi connectivity index (χ1n) is 6.84. The van der Waals surface area contributed by atoms with Gasteiger partial charge in [0, 0.05) is 11.8 Å². The Morgan fingerprint density at radius 1 is 1.33 bits per heavy atom. The van der Waals surface area contributed by atoms with Crippen molar-refractivity contribution in [3.63, 3.8) is 0 Å². The molecule has 0 aliphatic carbocycles. The van der Waals surface area contributed by atoms with Crippen LogP contribution in [0.1, 0.15) is 35.3 Å². The van der Waals surface area contributed by atoms with Crippen molar-refractivity contribution in [2.45, 2.75) is 19.3 Å². The number of carbonyl (C=O) groups excluding carboxylic acids is 1. The first kappa shape index (κ1) is 14.7. The summed E-state index contributed by atoms with van der Waals surface area (Å²) >= 11 is 0. The van der Waals surface area contributed by atoms with Crippen LogP contribution in [0.25, 0.3) is 0 Å². The van der Waals surface area contributed by atoms with Crippen LogP contribution in [-0.4, -0.2) is 17.4 Å². The van der Waals surface area contributed by atoms with Crippen molar-refractivity contribution in [2.24, 2.45) is 0 Å². The van der Waals surface area contributed by atoms with Crippen LogP contribution in [0.4, 0.5) is 0 Å². The summed E-state index contributed by atoms with van der Waals surface area (Å²) in [6.07, 6.45) is 2.47. The van der Waals surface area contributed by atoms with Gasteiger partial charge in [-0.15, -0.1) is 0 Å². The van der Waals surface area contributed by atoms with E-state index in [1.807, 2.05) is 13.0 Å². The second-order valence-corrected chi connectivity index (χ2v) is 4.56. The number of Topliss-reactive ketones (excluding diaryl/α,β-unsaturated/α-hetero) is 1. The lowest BCUT2D eigenvalue weighted by atomic mass is 9.95. The van der Waals surface area contributed by atoms with Gasteiger partial charge >= 0.3 is 0 Å². The van der Waals surface area contributed by atoms with Crippen LogP contribution in [0.15, 0.2) is 48.7 Å². The van der Waals surface area contributed by atoms with E-state index in [1.165, 1.54) is 0 Å². The Hall–Kier alpha value is -2.67. The normalized spacial score (nSPS) is 11.4. The van der Waals surface area contributed by atoms with Crippen LogP contribution < -0.4 is 4.74 Å². The Labute approximate surface area is 124 Å². The second-order valence-electron chi connectivity index (χ2n) is 4.56. The first-order valence-corrected chi connectivity index (χ1v) is 6.84. The van der Waals surface area contributed by atoms with E-state index in [-0.39, 0.29) is 5.78 Å². The van der Waals surface area contributed by atoms with Crippen molar-refractivity contribution in [1.82, 2.24) is 4.98 Å². The van der Waals surface area contributed by atoms with Crippen LogP contribution in [0.5, 0.6) is 5.75 Å². The standard InChI is InChI=1S/C17H16N2O2/c1-2-10-21-14-7-5-6-13(11-14)17(20)15(12-18)16-8-3-4-9-19-16/h3-9,11,15H,2,10H2,1H3/t15-/m0/s1. The third-order valence-corrected chi connectivity index (χ3v) is 2.97. The van der Waals surface area contributed by atoms with Crippen LogP contribution in [0.3, 0.4) is 0 Å². The largest absolute Gasteiger partial charge is 0.494 e. The van der Waals surface area contributed by atoms with Gasteiger partial charge in [-0.3, -0.25) is 9.78 Å². The lowest BCUT2D eigenvalue weighted by Gasteiger charge is -2.09. The third kappa shape index (κ3) is 3.67. The van der Waals surface area contributed by atoms with Gasteiger partial charge < -0.3 is 4.74 Å². The van der Waals surface area contributed by atoms with Gasteiger partial charge in [0.2, 0.25) is 0 Å². The molecule has 1 aromatic carbocycles. The maximum Gasteiger partial charge on any atom is 0.186 e. The average Bonchev–Trinajstić information content (AvgIpc) is 2.55. The monoisotopic (exact) mass is 280 g/mol. The number of nitrogens with zero attached hydrogens (tertiary/aromatic N) is 2. The molecule has 0 saturated heterocycles. The van der Waals surface area contributed by atoms with E-state index in [2.05, 4.69) is 4.98 Å². The number of pyridine rings is 1. The zero-order valence-electron chi connectivity index (χ0n) is 11.8. The molecule has 4 heteroatoms. The number of hydrogen-bond acceptors (Lipinski definition) is 4. The van der Waals surface area contributed by atoms with Crippen molar-refractivity contribution in [2.75, 3.05) is 6.61 Å². The molecule has 0 saturated carbocycles. The Morgan fingerprint density at radius 3 is 2.86 bits per heavy atom. The summed E-state index contributed by atoms with van der Waals surface area (Å²) in [6, 6.07) is 14.1. The molecular weight excluding hydrogens is 264 g/mol. The number of aromatic nitrogens is 1. The minimum Gasteiger partial charge on any atom is -0.494 e. The maximum absolute atomic E-state index is 12.5. The molecule has 21 heavy (non-hydrogen) atoms. The van der Waals surface area contributed by atoms with Gasteiger partial charge in [-0.05, 0) is 30.7 Å². The predicted octanol–water partition coefficient (Wildman–Crippen LogP) is 3.36. The maximum atomic E-state index is 12.5. The minimum absolute atomic E-state index is 0.266. The van der Waals surface area contributed by atoms with E-state index >= 15 is 0 Å². The summed E-state index contributed by atoms with van der Waals surface area (Å²) in [6.45, 7) is 2.61. The Kier molecular flexibility index (Phi) is 5.05. The highest BCUT2D eigenvalue weighted by Gasteiger charge is 2.23. The number of rotatable bonds is 6. The van der Waals surface area contributed by atoms with Crippen LogP contribution in [0.2, 0.25) is 0 Å². The summed E-state index contributed by atoms with van der Waals surface area (Å²) in [5.74, 6) is -0.522. The van der Waals surface area contributed by atoms with Gasteiger partial charge in [0.1, 0.15) is 5.75 Å². The fourth-order valence-corrected chi connectivity index (χ4v) is 1.93. The molecule has 4 nitrogen and oxygen atoms in total. The van der Waals surface area contributed by atoms with Gasteiger partial charge in [0.25, 0.3) is 0 Å². The molecule has 0 radical (unpaired) electrons. The van der Waals surface area contributed by atoms with E-state index < -0.39 is 5.92 Å². The molecule has 1 heterocycles. The predicted molar refractivity (Wildman–Crippen MR) is 79.1 cm³/mol. The van der Waals surface area contributed by atoms with Crippen molar-refractivity contribution < 1.29 is 9.53 Å². The number of carbonyl (C=O) groups is 1. The third-order valence-electron chi connectivity index (χ3n) is 2.97. The molecule has 0 fully saturated rings. The average molecular weight is 280 g/mol. The van der Waals surface area contributed by atoms with Crippen molar-refractivity contribution in [3.05, 3.63) is 59.9 Å². The Bertz CT molecular complexity index is 647. The molecule has 0 unspecified atom stereocenters. The number of nitriles is 1. The Morgan fingerprint density at radius 2 is 2.19 bits per heavy atom. The van der Waals surface area contributed by atoms with Crippen molar-refractivity contribution in [3.8, 4) is 11.8 Å². The molecule has 0 aliphatic heterocycles. The fourth-order valence-electron chi connectivity index (χ4n) is 1.93. The highest BCUT2D eigenvalue weighted by atomic mass is 16.5. The van der Waals surface area contributed by atoms with Crippen LogP contribution >= 0.6 is 0 Å². The summed E-state index contributed by atoms with van der Waals surface area (Å²) in [5, 5.41) is 9.28. The summed E-state index contributed by atoms with van der Waals surface area (Å²) in [5.41, 5.74) is 0.922. The van der Waals surface area contributed by atoms with Crippen molar-refractivity contribution in [1.29, 1.82) is 5.26 Å². The van der Waals surface area contributed by atoms with E-state index in [0.717, 1.165) is 6.42 Å². The molecule has 0 amide bonds. The van der Waals surface area contributed by atoms with Gasteiger partial charge in [0.05, 0.1) is 18.4 Å². The molecule has 2 rings (SSSR count). The quantitative estimate of drug-likeness (QED) is 0.761. The van der Waals surface area contributed by atoms with Gasteiger partial charge in [0.15, 0.2) is 11.7 Å². The summed E-state index contributed by atoms with van der Waals surface area (Å²) in [7, 11) is 0. The lowest BCUT2D eigenvalue weighted by Crippen LogP contribution is -2.12. The molecule has 1 aromatic heterocycles. The molecule has 0 spiro atoms. The zero-order valence-corrected chi connectivity index (χ0v) is 11.8. The van der Waals surface area contributed by atoms with E-state index in [4.69, 9.17) is 4.74 Å².